The average Bonchev–Trinajstić information content (AvgIpc) is 2.78. The zero-order valence-corrected chi connectivity index (χ0v) is 11.9. The lowest BCUT2D eigenvalue weighted by molar-refractivity contribution is 0.0737. The van der Waals surface area contributed by atoms with E-state index < -0.39 is 17.2 Å². The zero-order valence-electron chi connectivity index (χ0n) is 10.4. The molecule has 0 aliphatic heterocycles. The van der Waals surface area contributed by atoms with Crippen molar-refractivity contribution in [3.63, 3.8) is 0 Å². The lowest BCUT2D eigenvalue weighted by Crippen LogP contribution is -2.15. The molecule has 19 heavy (non-hydrogen) atoms. The molecule has 2 rings (SSSR count). The van der Waals surface area contributed by atoms with E-state index in [1.807, 2.05) is 0 Å². The van der Waals surface area contributed by atoms with Gasteiger partial charge in [0.1, 0.15) is 22.9 Å². The molecule has 2 aromatic rings. The molecule has 7 heteroatoms. The van der Waals surface area contributed by atoms with Crippen LogP contribution in [0.15, 0.2) is 22.8 Å². The van der Waals surface area contributed by atoms with Gasteiger partial charge in [-0.2, -0.15) is 0 Å². The highest BCUT2D eigenvalue weighted by Gasteiger charge is 2.21. The van der Waals surface area contributed by atoms with E-state index in [0.717, 1.165) is 0 Å². The van der Waals surface area contributed by atoms with Gasteiger partial charge in [-0.05, 0) is 41.9 Å². The minimum Gasteiger partial charge on any atom is -0.384 e. The van der Waals surface area contributed by atoms with Gasteiger partial charge in [-0.15, -0.1) is 5.10 Å². The fourth-order valence-electron chi connectivity index (χ4n) is 1.53. The first-order chi connectivity index (χ1) is 8.79. The molecule has 0 bridgehead atoms. The van der Waals surface area contributed by atoms with Gasteiger partial charge in [-0.1, -0.05) is 5.21 Å². The van der Waals surface area contributed by atoms with Gasteiger partial charge in [0.2, 0.25) is 0 Å². The first kappa shape index (κ1) is 14.1. The van der Waals surface area contributed by atoms with Crippen molar-refractivity contribution in [2.45, 2.75) is 26.0 Å². The molecule has 0 unspecified atom stereocenters. The Labute approximate surface area is 117 Å². The topological polar surface area (TPSA) is 50.9 Å². The minimum atomic E-state index is -1.15. The summed E-state index contributed by atoms with van der Waals surface area (Å²) in [6, 6.07) is 2.48. The summed E-state index contributed by atoms with van der Waals surface area (Å²) in [7, 11) is 0. The number of rotatable bonds is 3. The highest BCUT2D eigenvalue weighted by Crippen LogP contribution is 2.23. The van der Waals surface area contributed by atoms with Crippen molar-refractivity contribution in [1.29, 1.82) is 0 Å². The Kier molecular flexibility index (Phi) is 3.69. The molecule has 1 aromatic carbocycles. The van der Waals surface area contributed by atoms with Crippen molar-refractivity contribution >= 4 is 15.9 Å². The molecule has 102 valence electrons. The summed E-state index contributed by atoms with van der Waals surface area (Å²) in [4.78, 5) is 0. The first-order valence-corrected chi connectivity index (χ1v) is 6.33. The lowest BCUT2D eigenvalue weighted by atomic mass is 10.1. The Balaban J connectivity index is 2.32. The summed E-state index contributed by atoms with van der Waals surface area (Å²) in [6.07, 6.45) is 1.46. The molecule has 1 heterocycles. The molecule has 0 atom stereocenters. The fourth-order valence-corrected chi connectivity index (χ4v) is 1.90. The number of hydrogen-bond donors (Lipinski definition) is 1. The van der Waals surface area contributed by atoms with Gasteiger partial charge in [0, 0.05) is 5.56 Å². The predicted octanol–water partition coefficient (Wildman–Crippen LogP) is 2.59. The van der Waals surface area contributed by atoms with E-state index in [2.05, 4.69) is 26.2 Å². The van der Waals surface area contributed by atoms with Crippen LogP contribution < -0.4 is 0 Å². The molecule has 1 aromatic heterocycles. The highest BCUT2D eigenvalue weighted by molar-refractivity contribution is 9.10. The Hall–Kier alpha value is -1.34. The van der Waals surface area contributed by atoms with E-state index in [9.17, 15) is 13.9 Å². The average molecular weight is 332 g/mol. The van der Waals surface area contributed by atoms with E-state index in [1.165, 1.54) is 23.0 Å². The minimum absolute atomic E-state index is 0.0970. The van der Waals surface area contributed by atoms with Crippen molar-refractivity contribution in [3.8, 4) is 0 Å². The van der Waals surface area contributed by atoms with Crippen LogP contribution in [0.2, 0.25) is 0 Å². The quantitative estimate of drug-likeness (QED) is 0.879. The van der Waals surface area contributed by atoms with Crippen LogP contribution in [0.4, 0.5) is 8.78 Å². The van der Waals surface area contributed by atoms with E-state index in [0.29, 0.717) is 5.69 Å². The van der Waals surface area contributed by atoms with Gasteiger partial charge in [0.15, 0.2) is 0 Å². The second-order valence-electron chi connectivity index (χ2n) is 4.68. The van der Waals surface area contributed by atoms with E-state index in [4.69, 9.17) is 0 Å². The van der Waals surface area contributed by atoms with Gasteiger partial charge in [-0.3, -0.25) is 0 Å². The van der Waals surface area contributed by atoms with Crippen LogP contribution >= 0.6 is 15.9 Å². The standard InChI is InChI=1S/C12H12BrF2N3O/c1-12(2,19)10-6-18(17-16-10)5-7-9(14)4-3-8(13)11(7)15/h3-4,6,19H,5H2,1-2H3. The van der Waals surface area contributed by atoms with Crippen LogP contribution in [-0.2, 0) is 12.1 Å². The van der Waals surface area contributed by atoms with Gasteiger partial charge in [-0.25, -0.2) is 13.5 Å². The third-order valence-corrected chi connectivity index (χ3v) is 3.24. The maximum absolute atomic E-state index is 13.8. The van der Waals surface area contributed by atoms with Crippen LogP contribution in [0.3, 0.4) is 0 Å². The van der Waals surface area contributed by atoms with Crippen LogP contribution in [0.1, 0.15) is 25.1 Å². The number of hydrogen-bond acceptors (Lipinski definition) is 3. The summed E-state index contributed by atoms with van der Waals surface area (Å²) in [5, 5.41) is 17.3. The Morgan fingerprint density at radius 1 is 1.37 bits per heavy atom. The van der Waals surface area contributed by atoms with Crippen molar-refractivity contribution in [3.05, 3.63) is 45.7 Å². The third kappa shape index (κ3) is 2.98. The molecule has 4 nitrogen and oxygen atoms in total. The summed E-state index contributed by atoms with van der Waals surface area (Å²) >= 11 is 3.00. The molecule has 1 N–H and O–H groups in total. The molecule has 0 saturated carbocycles. The molecule has 0 radical (unpaired) electrons. The van der Waals surface area contributed by atoms with E-state index >= 15 is 0 Å². The van der Waals surface area contributed by atoms with Gasteiger partial charge < -0.3 is 5.11 Å². The summed E-state index contributed by atoms with van der Waals surface area (Å²) in [5.41, 5.74) is -0.919. The van der Waals surface area contributed by atoms with Crippen LogP contribution in [-0.4, -0.2) is 20.1 Å². The van der Waals surface area contributed by atoms with E-state index in [1.54, 1.807) is 13.8 Å². The van der Waals surface area contributed by atoms with Crippen molar-refractivity contribution in [2.24, 2.45) is 0 Å². The van der Waals surface area contributed by atoms with Crippen molar-refractivity contribution in [2.75, 3.05) is 0 Å². The summed E-state index contributed by atoms with van der Waals surface area (Å²) in [6.45, 7) is 3.02. The Bertz CT molecular complexity index is 608. The fraction of sp³-hybridized carbons (Fsp3) is 0.333. The molecular formula is C12H12BrF2N3O. The predicted molar refractivity (Wildman–Crippen MR) is 68.4 cm³/mol. The van der Waals surface area contributed by atoms with Gasteiger partial charge in [0.05, 0.1) is 17.2 Å². The molecule has 0 spiro atoms. The smallest absolute Gasteiger partial charge is 0.145 e. The molecular weight excluding hydrogens is 320 g/mol. The van der Waals surface area contributed by atoms with Crippen LogP contribution in [0, 0.1) is 11.6 Å². The molecule has 0 amide bonds. The Morgan fingerprint density at radius 2 is 2.05 bits per heavy atom. The van der Waals surface area contributed by atoms with Gasteiger partial charge >= 0.3 is 0 Å². The van der Waals surface area contributed by atoms with E-state index in [-0.39, 0.29) is 16.6 Å². The molecule has 0 fully saturated rings. The molecule has 0 aliphatic rings. The SMILES string of the molecule is CC(C)(O)c1cn(Cc2c(F)ccc(Br)c2F)nn1. The van der Waals surface area contributed by atoms with Crippen LogP contribution in [0.5, 0.6) is 0 Å². The van der Waals surface area contributed by atoms with Crippen LogP contribution in [0.25, 0.3) is 0 Å². The number of nitrogens with zero attached hydrogens (tertiary/aromatic N) is 3. The molecule has 0 saturated heterocycles. The second-order valence-corrected chi connectivity index (χ2v) is 5.54. The summed E-state index contributed by atoms with van der Waals surface area (Å²) < 4.78 is 28.8. The monoisotopic (exact) mass is 331 g/mol. The Morgan fingerprint density at radius 3 is 2.63 bits per heavy atom. The summed E-state index contributed by atoms with van der Waals surface area (Å²) in [5.74, 6) is -1.32. The van der Waals surface area contributed by atoms with Crippen molar-refractivity contribution in [1.82, 2.24) is 15.0 Å². The number of aromatic nitrogens is 3. The third-order valence-electron chi connectivity index (χ3n) is 2.62. The highest BCUT2D eigenvalue weighted by atomic mass is 79.9. The molecule has 0 aliphatic carbocycles. The van der Waals surface area contributed by atoms with Crippen molar-refractivity contribution < 1.29 is 13.9 Å². The number of halogens is 3. The number of benzene rings is 1. The lowest BCUT2D eigenvalue weighted by Gasteiger charge is -2.12. The maximum atomic E-state index is 13.8. The second kappa shape index (κ2) is 4.97. The maximum Gasteiger partial charge on any atom is 0.145 e. The normalized spacial score (nSPS) is 11.9. The van der Waals surface area contributed by atoms with Gasteiger partial charge in [0.25, 0.3) is 0 Å². The zero-order chi connectivity index (χ0) is 14.2. The number of aliphatic hydroxyl groups is 1. The first-order valence-electron chi connectivity index (χ1n) is 5.54. The largest absolute Gasteiger partial charge is 0.384 e.